The molecule has 0 radical (unpaired) electrons. The van der Waals surface area contributed by atoms with Gasteiger partial charge >= 0.3 is 0 Å². The maximum atomic E-state index is 11.8. The molecule has 0 aromatic heterocycles. The minimum atomic E-state index is -0.613. The predicted molar refractivity (Wildman–Crippen MR) is 98.8 cm³/mol. The van der Waals surface area contributed by atoms with Crippen LogP contribution in [0.4, 0.5) is 11.4 Å². The van der Waals surface area contributed by atoms with Gasteiger partial charge in [0, 0.05) is 16.6 Å². The Labute approximate surface area is 156 Å². The Kier molecular flexibility index (Phi) is 6.25. The Bertz CT molecular complexity index is 813. The van der Waals surface area contributed by atoms with E-state index in [9.17, 15) is 20.0 Å². The second-order valence-corrected chi connectivity index (χ2v) is 6.03. The standard InChI is InChI=1S/C15H12BrN3O5S/c16-9-1-4-11(5-2-9)24-8-14(21)18-15(25)17-12-7-10(19(22)23)3-6-13(12)20/h1-7,20H,8H2,(H2,17,18,21,25). The molecule has 8 nitrogen and oxygen atoms in total. The number of phenolic OH excluding ortho intramolecular Hbond substituents is 1. The van der Waals surface area contributed by atoms with Crippen molar-refractivity contribution in [2.45, 2.75) is 0 Å². The number of anilines is 1. The summed E-state index contributed by atoms with van der Waals surface area (Å²) in [4.78, 5) is 21.9. The summed E-state index contributed by atoms with van der Waals surface area (Å²) in [5.41, 5.74) is -0.221. The maximum Gasteiger partial charge on any atom is 0.271 e. The molecular weight excluding hydrogens is 414 g/mol. The first-order valence-electron chi connectivity index (χ1n) is 6.82. The molecule has 0 saturated heterocycles. The first kappa shape index (κ1) is 18.6. The monoisotopic (exact) mass is 425 g/mol. The molecule has 0 aliphatic rings. The number of amides is 1. The van der Waals surface area contributed by atoms with Crippen molar-refractivity contribution < 1.29 is 19.6 Å². The van der Waals surface area contributed by atoms with Gasteiger partial charge in [-0.15, -0.1) is 0 Å². The average molecular weight is 426 g/mol. The molecule has 0 saturated carbocycles. The van der Waals surface area contributed by atoms with Crippen LogP contribution in [0.15, 0.2) is 46.9 Å². The summed E-state index contributed by atoms with van der Waals surface area (Å²) in [5.74, 6) is -0.257. The van der Waals surface area contributed by atoms with Crippen LogP contribution in [0, 0.1) is 10.1 Å². The number of aromatic hydroxyl groups is 1. The number of hydrogen-bond acceptors (Lipinski definition) is 6. The molecule has 0 aliphatic heterocycles. The molecule has 3 N–H and O–H groups in total. The summed E-state index contributed by atoms with van der Waals surface area (Å²) in [6.45, 7) is -0.273. The maximum absolute atomic E-state index is 11.8. The number of halogens is 1. The third-order valence-corrected chi connectivity index (χ3v) is 3.61. The number of thiocarbonyl (C=S) groups is 1. The second kappa shape index (κ2) is 8.40. The van der Waals surface area contributed by atoms with Gasteiger partial charge in [0.25, 0.3) is 11.6 Å². The van der Waals surface area contributed by atoms with E-state index in [0.29, 0.717) is 5.75 Å². The fourth-order valence-electron chi connectivity index (χ4n) is 1.73. The number of carbonyl (C=O) groups excluding carboxylic acids is 1. The minimum absolute atomic E-state index is 0.00771. The van der Waals surface area contributed by atoms with E-state index in [-0.39, 0.29) is 28.8 Å². The van der Waals surface area contributed by atoms with Crippen LogP contribution in [-0.2, 0) is 4.79 Å². The normalized spacial score (nSPS) is 9.96. The van der Waals surface area contributed by atoms with Gasteiger partial charge in [0.15, 0.2) is 11.7 Å². The average Bonchev–Trinajstić information content (AvgIpc) is 2.56. The highest BCUT2D eigenvalue weighted by Gasteiger charge is 2.12. The molecule has 0 heterocycles. The van der Waals surface area contributed by atoms with Gasteiger partial charge in [0.05, 0.1) is 10.6 Å². The van der Waals surface area contributed by atoms with E-state index in [0.717, 1.165) is 22.7 Å². The molecule has 130 valence electrons. The van der Waals surface area contributed by atoms with Crippen LogP contribution in [0.25, 0.3) is 0 Å². The van der Waals surface area contributed by atoms with E-state index in [1.165, 1.54) is 0 Å². The number of phenols is 1. The quantitative estimate of drug-likeness (QED) is 0.292. The van der Waals surface area contributed by atoms with E-state index in [2.05, 4.69) is 26.6 Å². The number of benzene rings is 2. The van der Waals surface area contributed by atoms with Crippen molar-refractivity contribution in [1.29, 1.82) is 0 Å². The van der Waals surface area contributed by atoms with Gasteiger partial charge in [-0.3, -0.25) is 20.2 Å². The van der Waals surface area contributed by atoms with Crippen molar-refractivity contribution >= 4 is 50.5 Å². The number of carbonyl (C=O) groups is 1. The highest BCUT2D eigenvalue weighted by atomic mass is 79.9. The summed E-state index contributed by atoms with van der Waals surface area (Å²) < 4.78 is 6.17. The number of ether oxygens (including phenoxy) is 1. The van der Waals surface area contributed by atoms with E-state index >= 15 is 0 Å². The van der Waals surface area contributed by atoms with Crippen molar-refractivity contribution in [3.63, 3.8) is 0 Å². The smallest absolute Gasteiger partial charge is 0.271 e. The first-order valence-corrected chi connectivity index (χ1v) is 8.02. The molecule has 2 aromatic carbocycles. The lowest BCUT2D eigenvalue weighted by Gasteiger charge is -2.11. The molecule has 2 aromatic rings. The van der Waals surface area contributed by atoms with Crippen LogP contribution in [-0.4, -0.2) is 27.7 Å². The Morgan fingerprint density at radius 3 is 2.60 bits per heavy atom. The van der Waals surface area contributed by atoms with Crippen LogP contribution >= 0.6 is 28.1 Å². The van der Waals surface area contributed by atoms with E-state index in [1.807, 2.05) is 0 Å². The Morgan fingerprint density at radius 2 is 1.96 bits per heavy atom. The lowest BCUT2D eigenvalue weighted by molar-refractivity contribution is -0.384. The Hall–Kier alpha value is -2.72. The first-order chi connectivity index (χ1) is 11.8. The number of rotatable bonds is 5. The SMILES string of the molecule is O=C(COc1ccc(Br)cc1)NC(=S)Nc1cc([N+](=O)[O-])ccc1O. The molecule has 0 atom stereocenters. The topological polar surface area (TPSA) is 114 Å². The van der Waals surface area contributed by atoms with Crippen LogP contribution < -0.4 is 15.4 Å². The van der Waals surface area contributed by atoms with Gasteiger partial charge in [0.2, 0.25) is 0 Å². The van der Waals surface area contributed by atoms with E-state index in [4.69, 9.17) is 17.0 Å². The van der Waals surface area contributed by atoms with Gasteiger partial charge in [-0.25, -0.2) is 0 Å². The summed E-state index contributed by atoms with van der Waals surface area (Å²) >= 11 is 8.23. The second-order valence-electron chi connectivity index (χ2n) is 4.70. The molecular formula is C15H12BrN3O5S. The van der Waals surface area contributed by atoms with Crippen molar-refractivity contribution in [3.05, 3.63) is 57.1 Å². The fraction of sp³-hybridized carbons (Fsp3) is 0.0667. The molecule has 1 amide bonds. The number of nitro groups is 1. The van der Waals surface area contributed by atoms with Gasteiger partial charge in [-0.1, -0.05) is 15.9 Å². The largest absolute Gasteiger partial charge is 0.506 e. The predicted octanol–water partition coefficient (Wildman–Crippen LogP) is 2.95. The van der Waals surface area contributed by atoms with Gasteiger partial charge in [0.1, 0.15) is 11.5 Å². The lowest BCUT2D eigenvalue weighted by Crippen LogP contribution is -2.37. The van der Waals surface area contributed by atoms with E-state index in [1.54, 1.807) is 24.3 Å². The minimum Gasteiger partial charge on any atom is -0.506 e. The van der Waals surface area contributed by atoms with E-state index < -0.39 is 10.8 Å². The summed E-state index contributed by atoms with van der Waals surface area (Å²) in [7, 11) is 0. The summed E-state index contributed by atoms with van der Waals surface area (Å²) in [6, 6.07) is 10.3. The van der Waals surface area contributed by atoms with Crippen LogP contribution in [0.1, 0.15) is 0 Å². The number of non-ortho nitro benzene ring substituents is 1. The van der Waals surface area contributed by atoms with Gasteiger partial charge in [-0.2, -0.15) is 0 Å². The van der Waals surface area contributed by atoms with Crippen molar-refractivity contribution in [2.24, 2.45) is 0 Å². The molecule has 0 fully saturated rings. The summed E-state index contributed by atoms with van der Waals surface area (Å²) in [6.07, 6.45) is 0. The molecule has 10 heteroatoms. The third kappa shape index (κ3) is 5.69. The highest BCUT2D eigenvalue weighted by molar-refractivity contribution is 9.10. The van der Waals surface area contributed by atoms with Crippen molar-refractivity contribution in [3.8, 4) is 11.5 Å². The number of nitrogens with one attached hydrogen (secondary N) is 2. The Balaban J connectivity index is 1.89. The Morgan fingerprint density at radius 1 is 1.28 bits per heavy atom. The molecule has 0 spiro atoms. The van der Waals surface area contributed by atoms with Crippen molar-refractivity contribution in [1.82, 2.24) is 5.32 Å². The third-order valence-electron chi connectivity index (χ3n) is 2.88. The molecule has 0 bridgehead atoms. The van der Waals surface area contributed by atoms with Gasteiger partial charge < -0.3 is 15.2 Å². The zero-order valence-electron chi connectivity index (χ0n) is 12.6. The van der Waals surface area contributed by atoms with Gasteiger partial charge in [-0.05, 0) is 42.5 Å². The zero-order chi connectivity index (χ0) is 18.4. The molecule has 2 rings (SSSR count). The van der Waals surface area contributed by atoms with Crippen molar-refractivity contribution in [2.75, 3.05) is 11.9 Å². The molecule has 0 unspecified atom stereocenters. The zero-order valence-corrected chi connectivity index (χ0v) is 15.0. The number of hydrogen-bond donors (Lipinski definition) is 3. The fourth-order valence-corrected chi connectivity index (χ4v) is 2.22. The number of nitro benzene ring substituents is 1. The number of nitrogens with zero attached hydrogens (tertiary/aromatic N) is 1. The molecule has 0 aliphatic carbocycles. The van der Waals surface area contributed by atoms with Crippen LogP contribution in [0.3, 0.4) is 0 Å². The lowest BCUT2D eigenvalue weighted by atomic mass is 10.2. The molecule has 25 heavy (non-hydrogen) atoms. The summed E-state index contributed by atoms with van der Waals surface area (Å²) in [5, 5.41) is 25.2. The highest BCUT2D eigenvalue weighted by Crippen LogP contribution is 2.27. The van der Waals surface area contributed by atoms with Crippen LogP contribution in [0.5, 0.6) is 11.5 Å². The van der Waals surface area contributed by atoms with Crippen LogP contribution in [0.2, 0.25) is 0 Å².